The van der Waals surface area contributed by atoms with Crippen molar-refractivity contribution in [2.75, 3.05) is 17.2 Å². The fraction of sp³-hybridized carbons (Fsp3) is 0.182. The average Bonchev–Trinajstić information content (AvgIpc) is 3.07. The van der Waals surface area contributed by atoms with Gasteiger partial charge < -0.3 is 15.6 Å². The molecule has 0 radical (unpaired) electrons. The van der Waals surface area contributed by atoms with Crippen LogP contribution in [-0.4, -0.2) is 21.5 Å². The Morgan fingerprint density at radius 3 is 2.75 bits per heavy atom. The minimum atomic E-state index is 0.569. The van der Waals surface area contributed by atoms with Gasteiger partial charge in [0, 0.05) is 46.1 Å². The third kappa shape index (κ3) is 4.10. The molecule has 5 nitrogen and oxygen atoms in total. The molecule has 4 aromatic rings. The molecule has 0 bridgehead atoms. The molecule has 0 unspecified atom stereocenters. The van der Waals surface area contributed by atoms with Crippen molar-refractivity contribution in [1.29, 1.82) is 0 Å². The Morgan fingerprint density at radius 2 is 1.89 bits per heavy atom. The lowest BCUT2D eigenvalue weighted by Crippen LogP contribution is -2.09. The predicted octanol–water partition coefficient (Wildman–Crippen LogP) is 5.63. The molecule has 0 saturated carbocycles. The fourth-order valence-corrected chi connectivity index (χ4v) is 3.49. The number of nitrogens with zero attached hydrogens (tertiary/aromatic N) is 2. The van der Waals surface area contributed by atoms with Crippen molar-refractivity contribution in [1.82, 2.24) is 15.0 Å². The second kappa shape index (κ2) is 7.90. The van der Waals surface area contributed by atoms with E-state index in [2.05, 4.69) is 50.0 Å². The number of hydrogen-bond donors (Lipinski definition) is 3. The average molecular weight is 392 g/mol. The van der Waals surface area contributed by atoms with Gasteiger partial charge in [-0.1, -0.05) is 29.8 Å². The van der Waals surface area contributed by atoms with Gasteiger partial charge in [-0.15, -0.1) is 0 Å². The number of nitrogens with one attached hydrogen (secondary N) is 3. The summed E-state index contributed by atoms with van der Waals surface area (Å²) in [4.78, 5) is 12.4. The van der Waals surface area contributed by atoms with Gasteiger partial charge in [0.05, 0.1) is 0 Å². The number of benzene rings is 2. The van der Waals surface area contributed by atoms with E-state index in [9.17, 15) is 0 Å². The lowest BCUT2D eigenvalue weighted by Gasteiger charge is -2.11. The highest BCUT2D eigenvalue weighted by Crippen LogP contribution is 2.23. The molecule has 142 valence electrons. The van der Waals surface area contributed by atoms with Gasteiger partial charge in [0.15, 0.2) is 0 Å². The van der Waals surface area contributed by atoms with Gasteiger partial charge in [0.25, 0.3) is 0 Å². The number of aryl methyl sites for hydroxylation is 2. The van der Waals surface area contributed by atoms with Crippen molar-refractivity contribution in [3.05, 3.63) is 76.6 Å². The van der Waals surface area contributed by atoms with Crippen LogP contribution in [0.2, 0.25) is 5.02 Å². The Labute approximate surface area is 169 Å². The Hall–Kier alpha value is -3.05. The van der Waals surface area contributed by atoms with Crippen LogP contribution in [0.5, 0.6) is 0 Å². The molecular formula is C22H22ClN5. The van der Waals surface area contributed by atoms with Gasteiger partial charge in [-0.3, -0.25) is 0 Å². The highest BCUT2D eigenvalue weighted by Gasteiger charge is 2.06. The van der Waals surface area contributed by atoms with Crippen LogP contribution in [0.3, 0.4) is 0 Å². The monoisotopic (exact) mass is 391 g/mol. The van der Waals surface area contributed by atoms with E-state index in [0.29, 0.717) is 11.0 Å². The van der Waals surface area contributed by atoms with E-state index >= 15 is 0 Å². The molecule has 0 fully saturated rings. The van der Waals surface area contributed by atoms with Crippen LogP contribution in [0, 0.1) is 13.8 Å². The molecule has 2 aromatic heterocycles. The van der Waals surface area contributed by atoms with Crippen LogP contribution in [0.1, 0.15) is 16.8 Å². The van der Waals surface area contributed by atoms with E-state index in [1.54, 1.807) is 0 Å². The van der Waals surface area contributed by atoms with Crippen molar-refractivity contribution < 1.29 is 0 Å². The van der Waals surface area contributed by atoms with E-state index in [1.165, 1.54) is 16.5 Å². The first kappa shape index (κ1) is 18.3. The maximum absolute atomic E-state index is 6.03. The molecule has 2 aromatic carbocycles. The molecule has 3 N–H and O–H groups in total. The normalized spacial score (nSPS) is 11.0. The van der Waals surface area contributed by atoms with Gasteiger partial charge >= 0.3 is 0 Å². The summed E-state index contributed by atoms with van der Waals surface area (Å²) in [6, 6.07) is 16.0. The molecule has 0 aliphatic heterocycles. The van der Waals surface area contributed by atoms with E-state index in [1.807, 2.05) is 44.2 Å². The maximum atomic E-state index is 6.03. The minimum absolute atomic E-state index is 0.569. The minimum Gasteiger partial charge on any atom is -0.370 e. The van der Waals surface area contributed by atoms with Crippen LogP contribution >= 0.6 is 11.6 Å². The van der Waals surface area contributed by atoms with Crippen LogP contribution in [0.25, 0.3) is 10.9 Å². The van der Waals surface area contributed by atoms with Crippen molar-refractivity contribution in [3.63, 3.8) is 0 Å². The highest BCUT2D eigenvalue weighted by molar-refractivity contribution is 6.30. The van der Waals surface area contributed by atoms with Crippen molar-refractivity contribution >= 4 is 40.0 Å². The van der Waals surface area contributed by atoms with Gasteiger partial charge in [0.1, 0.15) is 5.82 Å². The number of aromatic nitrogens is 3. The summed E-state index contributed by atoms with van der Waals surface area (Å²) in [5, 5.41) is 8.68. The third-order valence-electron chi connectivity index (χ3n) is 4.66. The summed E-state index contributed by atoms with van der Waals surface area (Å²) in [5.74, 6) is 1.38. The quantitative estimate of drug-likeness (QED) is 0.398. The number of para-hydroxylation sites is 1. The third-order valence-corrected chi connectivity index (χ3v) is 4.90. The SMILES string of the molecule is Cc1cc(NCCc2c[nH]c3ccccc23)nc(Nc2ccc(Cl)cc2C)n1. The fourth-order valence-electron chi connectivity index (χ4n) is 3.27. The van der Waals surface area contributed by atoms with E-state index < -0.39 is 0 Å². The van der Waals surface area contributed by atoms with Gasteiger partial charge in [-0.05, 0) is 55.7 Å². The molecule has 0 atom stereocenters. The standard InChI is InChI=1S/C22H22ClN5/c1-14-11-17(23)7-8-19(14)27-22-26-15(2)12-21(28-22)24-10-9-16-13-25-20-6-4-3-5-18(16)20/h3-8,11-13,25H,9-10H2,1-2H3,(H2,24,26,27,28). The van der Waals surface area contributed by atoms with E-state index in [0.717, 1.165) is 35.7 Å². The Morgan fingerprint density at radius 1 is 1.04 bits per heavy atom. The number of hydrogen-bond acceptors (Lipinski definition) is 4. The lowest BCUT2D eigenvalue weighted by molar-refractivity contribution is 1.00. The lowest BCUT2D eigenvalue weighted by atomic mass is 10.1. The molecule has 0 aliphatic rings. The van der Waals surface area contributed by atoms with Crippen molar-refractivity contribution in [2.24, 2.45) is 0 Å². The zero-order valence-electron chi connectivity index (χ0n) is 15.9. The molecule has 2 heterocycles. The smallest absolute Gasteiger partial charge is 0.229 e. The molecule has 0 spiro atoms. The van der Waals surface area contributed by atoms with E-state index in [4.69, 9.17) is 11.6 Å². The number of anilines is 3. The van der Waals surface area contributed by atoms with E-state index in [-0.39, 0.29) is 0 Å². The van der Waals surface area contributed by atoms with Crippen LogP contribution < -0.4 is 10.6 Å². The number of fused-ring (bicyclic) bond motifs is 1. The van der Waals surface area contributed by atoms with Crippen LogP contribution in [-0.2, 0) is 6.42 Å². The maximum Gasteiger partial charge on any atom is 0.229 e. The summed E-state index contributed by atoms with van der Waals surface area (Å²) in [6.07, 6.45) is 2.99. The first-order valence-electron chi connectivity index (χ1n) is 9.26. The number of H-pyrrole nitrogens is 1. The first-order valence-corrected chi connectivity index (χ1v) is 9.64. The zero-order valence-corrected chi connectivity index (χ0v) is 16.6. The Kier molecular flexibility index (Phi) is 5.17. The Balaban J connectivity index is 1.45. The second-order valence-corrected chi connectivity index (χ2v) is 7.28. The molecule has 0 saturated heterocycles. The molecular weight excluding hydrogens is 370 g/mol. The summed E-state index contributed by atoms with van der Waals surface area (Å²) in [5.41, 5.74) is 5.36. The number of rotatable bonds is 6. The summed E-state index contributed by atoms with van der Waals surface area (Å²) in [7, 11) is 0. The number of aromatic amines is 1. The number of halogens is 1. The molecule has 0 aliphatic carbocycles. The Bertz CT molecular complexity index is 1120. The predicted molar refractivity (Wildman–Crippen MR) is 117 cm³/mol. The zero-order chi connectivity index (χ0) is 19.5. The van der Waals surface area contributed by atoms with Crippen LogP contribution in [0.4, 0.5) is 17.5 Å². The van der Waals surface area contributed by atoms with Gasteiger partial charge in [-0.2, -0.15) is 4.98 Å². The summed E-state index contributed by atoms with van der Waals surface area (Å²) in [6.45, 7) is 4.76. The van der Waals surface area contributed by atoms with Gasteiger partial charge in [-0.25, -0.2) is 4.98 Å². The molecule has 4 rings (SSSR count). The van der Waals surface area contributed by atoms with Crippen LogP contribution in [0.15, 0.2) is 54.7 Å². The molecule has 6 heteroatoms. The topological polar surface area (TPSA) is 65.6 Å². The molecule has 28 heavy (non-hydrogen) atoms. The second-order valence-electron chi connectivity index (χ2n) is 6.84. The van der Waals surface area contributed by atoms with Gasteiger partial charge in [0.2, 0.25) is 5.95 Å². The highest BCUT2D eigenvalue weighted by atomic mass is 35.5. The summed E-state index contributed by atoms with van der Waals surface area (Å²) < 4.78 is 0. The summed E-state index contributed by atoms with van der Waals surface area (Å²) >= 11 is 6.03. The first-order chi connectivity index (χ1) is 13.6. The largest absolute Gasteiger partial charge is 0.370 e. The van der Waals surface area contributed by atoms with Crippen molar-refractivity contribution in [3.8, 4) is 0 Å². The van der Waals surface area contributed by atoms with Crippen molar-refractivity contribution in [2.45, 2.75) is 20.3 Å². The molecule has 0 amide bonds.